The lowest BCUT2D eigenvalue weighted by atomic mass is 10.2. The Hall–Kier alpha value is -3.48. The predicted octanol–water partition coefficient (Wildman–Crippen LogP) is 2.44. The van der Waals surface area contributed by atoms with Gasteiger partial charge in [0.25, 0.3) is 5.91 Å². The Morgan fingerprint density at radius 2 is 2.08 bits per heavy atom. The molecule has 0 fully saturated rings. The zero-order valence-electron chi connectivity index (χ0n) is 14.1. The standard InChI is InChI=1S/C19H18N6O/c26-19(16-6-9-21-18(12-16)25-14-20-13-23-25)22-8-3-10-24-11-7-15-4-1-2-5-17(15)24/h1-2,4-7,9,11-14H,3,8,10H2,(H,22,26). The van der Waals surface area contributed by atoms with Gasteiger partial charge in [0.1, 0.15) is 12.7 Å². The Morgan fingerprint density at radius 3 is 2.96 bits per heavy atom. The highest BCUT2D eigenvalue weighted by atomic mass is 16.1. The molecule has 0 unspecified atom stereocenters. The van der Waals surface area contributed by atoms with Gasteiger partial charge >= 0.3 is 0 Å². The van der Waals surface area contributed by atoms with Gasteiger partial charge in [0.2, 0.25) is 0 Å². The first-order valence-electron chi connectivity index (χ1n) is 8.44. The SMILES string of the molecule is O=C(NCCCn1ccc2ccccc21)c1ccnc(-n2cncn2)c1. The summed E-state index contributed by atoms with van der Waals surface area (Å²) in [5, 5.41) is 8.21. The van der Waals surface area contributed by atoms with E-state index in [0.717, 1.165) is 13.0 Å². The maximum Gasteiger partial charge on any atom is 0.251 e. The van der Waals surface area contributed by atoms with Gasteiger partial charge in [-0.05, 0) is 36.1 Å². The van der Waals surface area contributed by atoms with Crippen molar-refractivity contribution in [3.05, 3.63) is 73.1 Å². The van der Waals surface area contributed by atoms with Gasteiger partial charge in [-0.15, -0.1) is 0 Å². The Bertz CT molecular complexity index is 1020. The van der Waals surface area contributed by atoms with Crippen LogP contribution in [-0.4, -0.2) is 36.8 Å². The largest absolute Gasteiger partial charge is 0.352 e. The fourth-order valence-corrected chi connectivity index (χ4v) is 2.90. The molecular weight excluding hydrogens is 328 g/mol. The Balaban J connectivity index is 1.34. The molecule has 0 radical (unpaired) electrons. The van der Waals surface area contributed by atoms with E-state index >= 15 is 0 Å². The first-order chi connectivity index (χ1) is 12.8. The van der Waals surface area contributed by atoms with Crippen molar-refractivity contribution in [3.8, 4) is 5.82 Å². The fraction of sp³-hybridized carbons (Fsp3) is 0.158. The number of nitrogens with zero attached hydrogens (tertiary/aromatic N) is 5. The Kier molecular flexibility index (Phi) is 4.42. The number of para-hydroxylation sites is 1. The third kappa shape index (κ3) is 3.32. The molecule has 1 aromatic carbocycles. The van der Waals surface area contributed by atoms with E-state index in [1.807, 2.05) is 12.1 Å². The van der Waals surface area contributed by atoms with Crippen molar-refractivity contribution in [2.45, 2.75) is 13.0 Å². The number of aryl methyl sites for hydroxylation is 1. The topological polar surface area (TPSA) is 77.6 Å². The molecule has 7 heteroatoms. The van der Waals surface area contributed by atoms with Gasteiger partial charge in [-0.2, -0.15) is 5.10 Å². The minimum atomic E-state index is -0.119. The second-order valence-electron chi connectivity index (χ2n) is 5.92. The number of aromatic nitrogens is 5. The summed E-state index contributed by atoms with van der Waals surface area (Å²) in [5.74, 6) is 0.445. The number of fused-ring (bicyclic) bond motifs is 1. The van der Waals surface area contributed by atoms with E-state index in [0.29, 0.717) is 17.9 Å². The highest BCUT2D eigenvalue weighted by molar-refractivity contribution is 5.94. The number of hydrogen-bond donors (Lipinski definition) is 1. The summed E-state index contributed by atoms with van der Waals surface area (Å²) in [4.78, 5) is 20.4. The van der Waals surface area contributed by atoms with Gasteiger partial charge in [0.05, 0.1) is 0 Å². The quantitative estimate of drug-likeness (QED) is 0.544. The summed E-state index contributed by atoms with van der Waals surface area (Å²) in [6.45, 7) is 1.46. The van der Waals surface area contributed by atoms with Crippen LogP contribution >= 0.6 is 0 Å². The molecule has 3 heterocycles. The number of benzene rings is 1. The van der Waals surface area contributed by atoms with Crippen molar-refractivity contribution in [3.63, 3.8) is 0 Å². The molecule has 0 atom stereocenters. The van der Waals surface area contributed by atoms with Crippen LogP contribution in [0.4, 0.5) is 0 Å². The molecular formula is C19H18N6O. The van der Waals surface area contributed by atoms with Crippen molar-refractivity contribution in [2.75, 3.05) is 6.54 Å². The summed E-state index contributed by atoms with van der Waals surface area (Å²) in [6, 6.07) is 13.8. The first-order valence-corrected chi connectivity index (χ1v) is 8.44. The lowest BCUT2D eigenvalue weighted by molar-refractivity contribution is 0.0952. The summed E-state index contributed by atoms with van der Waals surface area (Å²) >= 11 is 0. The minimum Gasteiger partial charge on any atom is -0.352 e. The second kappa shape index (κ2) is 7.18. The molecule has 0 aliphatic rings. The zero-order valence-corrected chi connectivity index (χ0v) is 14.1. The van der Waals surface area contributed by atoms with Crippen LogP contribution < -0.4 is 5.32 Å². The molecule has 1 amide bonds. The first kappa shape index (κ1) is 16.0. The van der Waals surface area contributed by atoms with E-state index in [9.17, 15) is 4.79 Å². The molecule has 1 N–H and O–H groups in total. The smallest absolute Gasteiger partial charge is 0.251 e. The van der Waals surface area contributed by atoms with E-state index in [1.54, 1.807) is 24.7 Å². The van der Waals surface area contributed by atoms with E-state index < -0.39 is 0 Å². The summed E-state index contributed by atoms with van der Waals surface area (Å²) in [7, 11) is 0. The predicted molar refractivity (Wildman–Crippen MR) is 98.0 cm³/mol. The van der Waals surface area contributed by atoms with Gasteiger partial charge < -0.3 is 9.88 Å². The lowest BCUT2D eigenvalue weighted by Crippen LogP contribution is -2.25. The average molecular weight is 346 g/mol. The van der Waals surface area contributed by atoms with E-state index in [4.69, 9.17) is 0 Å². The third-order valence-corrected chi connectivity index (χ3v) is 4.20. The van der Waals surface area contributed by atoms with Crippen LogP contribution in [0.15, 0.2) is 67.5 Å². The maximum absolute atomic E-state index is 12.3. The van der Waals surface area contributed by atoms with Crippen LogP contribution in [0.1, 0.15) is 16.8 Å². The number of rotatable bonds is 6. The number of carbonyl (C=O) groups excluding carboxylic acids is 1. The number of pyridine rings is 1. The van der Waals surface area contributed by atoms with Crippen LogP contribution in [0.5, 0.6) is 0 Å². The molecule has 4 rings (SSSR count). The highest BCUT2D eigenvalue weighted by Gasteiger charge is 2.08. The average Bonchev–Trinajstić information content (AvgIpc) is 3.35. The van der Waals surface area contributed by atoms with Crippen LogP contribution in [0.3, 0.4) is 0 Å². The lowest BCUT2D eigenvalue weighted by Gasteiger charge is -2.08. The van der Waals surface area contributed by atoms with Crippen LogP contribution in [0.2, 0.25) is 0 Å². The monoisotopic (exact) mass is 346 g/mol. The highest BCUT2D eigenvalue weighted by Crippen LogP contribution is 2.15. The third-order valence-electron chi connectivity index (χ3n) is 4.20. The van der Waals surface area contributed by atoms with Crippen LogP contribution in [-0.2, 0) is 6.54 Å². The molecule has 0 bridgehead atoms. The van der Waals surface area contributed by atoms with E-state index in [-0.39, 0.29) is 5.91 Å². The normalized spacial score (nSPS) is 10.9. The van der Waals surface area contributed by atoms with Gasteiger partial charge in [0, 0.05) is 36.6 Å². The Labute approximate surface area is 150 Å². The second-order valence-corrected chi connectivity index (χ2v) is 5.92. The van der Waals surface area contributed by atoms with Crippen molar-refractivity contribution in [1.29, 1.82) is 0 Å². The van der Waals surface area contributed by atoms with Crippen molar-refractivity contribution >= 4 is 16.8 Å². The van der Waals surface area contributed by atoms with Gasteiger partial charge in [0.15, 0.2) is 5.82 Å². The van der Waals surface area contributed by atoms with E-state index in [1.165, 1.54) is 21.9 Å². The van der Waals surface area contributed by atoms with Gasteiger partial charge in [-0.25, -0.2) is 14.6 Å². The molecule has 0 aliphatic heterocycles. The van der Waals surface area contributed by atoms with Crippen molar-refractivity contribution in [2.24, 2.45) is 0 Å². The summed E-state index contributed by atoms with van der Waals surface area (Å²) < 4.78 is 3.73. The van der Waals surface area contributed by atoms with Crippen molar-refractivity contribution in [1.82, 2.24) is 29.6 Å². The molecule has 130 valence electrons. The number of hydrogen-bond acceptors (Lipinski definition) is 4. The minimum absolute atomic E-state index is 0.119. The maximum atomic E-state index is 12.3. The number of nitrogens with one attached hydrogen (secondary N) is 1. The number of carbonyl (C=O) groups is 1. The van der Waals surface area contributed by atoms with Crippen LogP contribution in [0, 0.1) is 0 Å². The molecule has 0 saturated heterocycles. The zero-order chi connectivity index (χ0) is 17.8. The number of amides is 1. The molecule has 4 aromatic rings. The summed E-state index contributed by atoms with van der Waals surface area (Å²) in [6.07, 6.45) is 7.51. The summed E-state index contributed by atoms with van der Waals surface area (Å²) in [5.41, 5.74) is 1.77. The van der Waals surface area contributed by atoms with Crippen molar-refractivity contribution < 1.29 is 4.79 Å². The molecule has 0 spiro atoms. The van der Waals surface area contributed by atoms with E-state index in [2.05, 4.69) is 49.3 Å². The molecule has 0 saturated carbocycles. The molecule has 0 aliphatic carbocycles. The Morgan fingerprint density at radius 1 is 1.15 bits per heavy atom. The van der Waals surface area contributed by atoms with Gasteiger partial charge in [-0.1, -0.05) is 18.2 Å². The molecule has 3 aromatic heterocycles. The molecule has 26 heavy (non-hydrogen) atoms. The molecule has 7 nitrogen and oxygen atoms in total. The van der Waals surface area contributed by atoms with Gasteiger partial charge in [-0.3, -0.25) is 4.79 Å². The van der Waals surface area contributed by atoms with Crippen LogP contribution in [0.25, 0.3) is 16.7 Å². The fourth-order valence-electron chi connectivity index (χ4n) is 2.90.